The smallest absolute Gasteiger partial charge is 0.306 e. The minimum Gasteiger partial charge on any atom is -0.469 e. The summed E-state index contributed by atoms with van der Waals surface area (Å²) in [5, 5.41) is 3.47. The highest BCUT2D eigenvalue weighted by Gasteiger charge is 2.24. The van der Waals surface area contributed by atoms with E-state index in [1.165, 1.54) is 26.4 Å². The number of methoxy groups -OCH3 is 1. The Labute approximate surface area is 92.6 Å². The summed E-state index contributed by atoms with van der Waals surface area (Å²) in [4.78, 5) is 10.9. The van der Waals surface area contributed by atoms with Gasteiger partial charge in [0.25, 0.3) is 0 Å². The zero-order valence-electron chi connectivity index (χ0n) is 10.1. The van der Waals surface area contributed by atoms with Crippen LogP contribution in [0.4, 0.5) is 0 Å². The number of rotatable bonds is 4. The van der Waals surface area contributed by atoms with Gasteiger partial charge < -0.3 is 10.1 Å². The summed E-state index contributed by atoms with van der Waals surface area (Å²) in [6.07, 6.45) is 4.36. The summed E-state index contributed by atoms with van der Waals surface area (Å²) in [6.45, 7) is 5.34. The lowest BCUT2D eigenvalue weighted by Gasteiger charge is -2.33. The van der Waals surface area contributed by atoms with Crippen LogP contribution < -0.4 is 5.32 Å². The van der Waals surface area contributed by atoms with Crippen LogP contribution in [0, 0.1) is 11.8 Å². The molecule has 1 aliphatic carbocycles. The zero-order valence-corrected chi connectivity index (χ0v) is 10.1. The first-order valence-electron chi connectivity index (χ1n) is 5.93. The van der Waals surface area contributed by atoms with E-state index in [1.807, 2.05) is 0 Å². The number of nitrogens with one attached hydrogen (secondary N) is 1. The normalized spacial score (nSPS) is 31.3. The van der Waals surface area contributed by atoms with Crippen molar-refractivity contribution in [2.75, 3.05) is 13.7 Å². The van der Waals surface area contributed by atoms with Crippen LogP contribution in [0.2, 0.25) is 0 Å². The van der Waals surface area contributed by atoms with E-state index in [0.29, 0.717) is 12.5 Å². The van der Waals surface area contributed by atoms with Gasteiger partial charge in [-0.25, -0.2) is 0 Å². The van der Waals surface area contributed by atoms with Gasteiger partial charge in [-0.1, -0.05) is 20.3 Å². The summed E-state index contributed by atoms with van der Waals surface area (Å²) >= 11 is 0. The van der Waals surface area contributed by atoms with Crippen molar-refractivity contribution in [3.05, 3.63) is 0 Å². The second-order valence-corrected chi connectivity index (χ2v) is 4.78. The van der Waals surface area contributed by atoms with E-state index in [1.54, 1.807) is 0 Å². The first kappa shape index (κ1) is 12.5. The van der Waals surface area contributed by atoms with Crippen molar-refractivity contribution in [1.29, 1.82) is 0 Å². The third kappa shape index (κ3) is 4.20. The second-order valence-electron chi connectivity index (χ2n) is 4.78. The van der Waals surface area contributed by atoms with E-state index >= 15 is 0 Å². The first-order valence-corrected chi connectivity index (χ1v) is 5.93. The first-order chi connectivity index (χ1) is 7.13. The fourth-order valence-corrected chi connectivity index (χ4v) is 2.28. The van der Waals surface area contributed by atoms with E-state index in [9.17, 15) is 4.79 Å². The fourth-order valence-electron chi connectivity index (χ4n) is 2.28. The van der Waals surface area contributed by atoms with Gasteiger partial charge in [-0.15, -0.1) is 0 Å². The number of ether oxygens (including phenoxy) is 1. The molecule has 1 rings (SSSR count). The maximum atomic E-state index is 10.9. The van der Waals surface area contributed by atoms with Gasteiger partial charge in [0, 0.05) is 12.6 Å². The maximum Gasteiger partial charge on any atom is 0.306 e. The largest absolute Gasteiger partial charge is 0.469 e. The highest BCUT2D eigenvalue weighted by atomic mass is 16.5. The lowest BCUT2D eigenvalue weighted by atomic mass is 9.80. The van der Waals surface area contributed by atoms with Gasteiger partial charge in [-0.3, -0.25) is 4.79 Å². The molecule has 0 amide bonds. The van der Waals surface area contributed by atoms with Crippen molar-refractivity contribution in [2.45, 2.75) is 45.6 Å². The molecule has 0 aromatic rings. The van der Waals surface area contributed by atoms with Crippen molar-refractivity contribution in [3.63, 3.8) is 0 Å². The summed E-state index contributed by atoms with van der Waals surface area (Å²) in [6, 6.07) is 0.582. The molecular weight excluding hydrogens is 190 g/mol. The Morgan fingerprint density at radius 1 is 1.40 bits per heavy atom. The Morgan fingerprint density at radius 2 is 2.13 bits per heavy atom. The highest BCUT2D eigenvalue weighted by Crippen LogP contribution is 2.28. The standard InChI is InChI=1S/C12H23NO2/c1-9-4-5-10(2)11(8-9)13-7-6-12(14)15-3/h9-11,13H,4-8H2,1-3H3. The van der Waals surface area contributed by atoms with Gasteiger partial charge in [0.15, 0.2) is 0 Å². The Kier molecular flexibility index (Phi) is 5.09. The van der Waals surface area contributed by atoms with Gasteiger partial charge >= 0.3 is 5.97 Å². The highest BCUT2D eigenvalue weighted by molar-refractivity contribution is 5.69. The molecule has 0 radical (unpaired) electrons. The summed E-state index contributed by atoms with van der Waals surface area (Å²) < 4.78 is 4.61. The third-order valence-electron chi connectivity index (χ3n) is 3.42. The number of carbonyl (C=O) groups excluding carboxylic acids is 1. The number of carbonyl (C=O) groups is 1. The monoisotopic (exact) mass is 213 g/mol. The van der Waals surface area contributed by atoms with Gasteiger partial charge in [0.2, 0.25) is 0 Å². The molecule has 1 aliphatic rings. The van der Waals surface area contributed by atoms with Crippen LogP contribution in [-0.4, -0.2) is 25.7 Å². The number of hydrogen-bond acceptors (Lipinski definition) is 3. The van der Waals surface area contributed by atoms with Crippen LogP contribution in [0.1, 0.15) is 39.5 Å². The third-order valence-corrected chi connectivity index (χ3v) is 3.42. The lowest BCUT2D eigenvalue weighted by Crippen LogP contribution is -2.40. The Hall–Kier alpha value is -0.570. The summed E-state index contributed by atoms with van der Waals surface area (Å²) in [5.74, 6) is 1.43. The maximum absolute atomic E-state index is 10.9. The minimum absolute atomic E-state index is 0.126. The molecule has 0 saturated heterocycles. The van der Waals surface area contributed by atoms with Crippen molar-refractivity contribution >= 4 is 5.97 Å². The molecule has 0 bridgehead atoms. The second kappa shape index (κ2) is 6.11. The quantitative estimate of drug-likeness (QED) is 0.726. The van der Waals surface area contributed by atoms with Crippen LogP contribution in [0.25, 0.3) is 0 Å². The average Bonchev–Trinajstić information content (AvgIpc) is 2.23. The molecule has 3 heteroatoms. The SMILES string of the molecule is COC(=O)CCNC1CC(C)CCC1C. The van der Waals surface area contributed by atoms with Crippen molar-refractivity contribution < 1.29 is 9.53 Å². The van der Waals surface area contributed by atoms with E-state index < -0.39 is 0 Å². The molecule has 88 valence electrons. The van der Waals surface area contributed by atoms with Crippen molar-refractivity contribution in [3.8, 4) is 0 Å². The number of hydrogen-bond donors (Lipinski definition) is 1. The van der Waals surface area contributed by atoms with Crippen LogP contribution in [0.5, 0.6) is 0 Å². The van der Waals surface area contributed by atoms with Crippen LogP contribution in [0.15, 0.2) is 0 Å². The molecule has 1 fully saturated rings. The molecule has 0 heterocycles. The van der Waals surface area contributed by atoms with Crippen molar-refractivity contribution in [2.24, 2.45) is 11.8 Å². The zero-order chi connectivity index (χ0) is 11.3. The molecule has 15 heavy (non-hydrogen) atoms. The van der Waals surface area contributed by atoms with E-state index in [-0.39, 0.29) is 5.97 Å². The van der Waals surface area contributed by atoms with Gasteiger partial charge in [-0.2, -0.15) is 0 Å². The predicted molar refractivity (Wildman–Crippen MR) is 60.6 cm³/mol. The molecule has 0 aliphatic heterocycles. The molecule has 3 atom stereocenters. The van der Waals surface area contributed by atoms with Gasteiger partial charge in [0.05, 0.1) is 13.5 Å². The molecule has 0 aromatic heterocycles. The Morgan fingerprint density at radius 3 is 2.80 bits per heavy atom. The lowest BCUT2D eigenvalue weighted by molar-refractivity contribution is -0.140. The molecule has 3 unspecified atom stereocenters. The fraction of sp³-hybridized carbons (Fsp3) is 0.917. The molecule has 1 N–H and O–H groups in total. The van der Waals surface area contributed by atoms with Gasteiger partial charge in [-0.05, 0) is 24.7 Å². The molecule has 1 saturated carbocycles. The Bertz CT molecular complexity index is 206. The topological polar surface area (TPSA) is 38.3 Å². The van der Waals surface area contributed by atoms with E-state index in [2.05, 4.69) is 23.9 Å². The summed E-state index contributed by atoms with van der Waals surface area (Å²) in [7, 11) is 1.44. The molecule has 0 aromatic carbocycles. The molecule has 0 spiro atoms. The Balaban J connectivity index is 2.21. The van der Waals surface area contributed by atoms with Crippen molar-refractivity contribution in [1.82, 2.24) is 5.32 Å². The van der Waals surface area contributed by atoms with Crippen LogP contribution in [-0.2, 0) is 9.53 Å². The van der Waals surface area contributed by atoms with E-state index in [4.69, 9.17) is 0 Å². The minimum atomic E-state index is -0.126. The van der Waals surface area contributed by atoms with Crippen LogP contribution in [0.3, 0.4) is 0 Å². The van der Waals surface area contributed by atoms with E-state index in [0.717, 1.165) is 18.4 Å². The predicted octanol–water partition coefficient (Wildman–Crippen LogP) is 1.96. The summed E-state index contributed by atoms with van der Waals surface area (Å²) in [5.41, 5.74) is 0. The van der Waals surface area contributed by atoms with Crippen LogP contribution >= 0.6 is 0 Å². The molecule has 3 nitrogen and oxygen atoms in total. The molecular formula is C12H23NO2. The van der Waals surface area contributed by atoms with Gasteiger partial charge in [0.1, 0.15) is 0 Å². The average molecular weight is 213 g/mol. The number of esters is 1.